The Balaban J connectivity index is 1.32. The molecule has 2 heterocycles. The summed E-state index contributed by atoms with van der Waals surface area (Å²) in [5.41, 5.74) is 2.48. The third-order valence-electron chi connectivity index (χ3n) is 10.1. The number of nitrogens with zero attached hydrogens (tertiary/aromatic N) is 1. The maximum Gasteiger partial charge on any atom is 0.264 e. The summed E-state index contributed by atoms with van der Waals surface area (Å²) in [4.78, 5) is 29.7. The second-order valence-corrected chi connectivity index (χ2v) is 18.7. The molecule has 0 saturated carbocycles. The first-order valence-electron chi connectivity index (χ1n) is 16.1. The third kappa shape index (κ3) is 5.95. The van der Waals surface area contributed by atoms with Gasteiger partial charge in [-0.25, -0.2) is 0 Å². The highest BCUT2D eigenvalue weighted by Gasteiger charge is 2.66. The minimum absolute atomic E-state index is 0.0324. The van der Waals surface area contributed by atoms with Gasteiger partial charge in [-0.2, -0.15) is 0 Å². The molecule has 0 unspecified atom stereocenters. The highest BCUT2D eigenvalue weighted by atomic mass is 79.9. The minimum Gasteiger partial charge on any atom is -0.497 e. The number of hydrogen-bond acceptors (Lipinski definition) is 6. The Labute approximate surface area is 291 Å². The lowest BCUT2D eigenvalue weighted by Crippen LogP contribution is -2.51. The van der Waals surface area contributed by atoms with E-state index in [2.05, 4.69) is 53.4 Å². The first-order valence-corrected chi connectivity index (χ1v) is 20.0. The maximum absolute atomic E-state index is 14.9. The Morgan fingerprint density at radius 2 is 1.65 bits per heavy atom. The fourth-order valence-electron chi connectivity index (χ4n) is 7.72. The number of ether oxygens (including phenoxy) is 3. The van der Waals surface area contributed by atoms with E-state index in [9.17, 15) is 14.7 Å². The first kappa shape index (κ1) is 33.9. The Kier molecular flexibility index (Phi) is 9.54. The van der Waals surface area contributed by atoms with Crippen LogP contribution in [0.4, 0.5) is 11.4 Å². The van der Waals surface area contributed by atoms with Crippen molar-refractivity contribution in [3.8, 4) is 11.5 Å². The number of amides is 2. The molecule has 0 bridgehead atoms. The molecule has 1 fully saturated rings. The van der Waals surface area contributed by atoms with Gasteiger partial charge in [0.05, 0.1) is 40.6 Å². The Morgan fingerprint density at radius 3 is 2.29 bits per heavy atom. The molecule has 6 rings (SSSR count). The van der Waals surface area contributed by atoms with Crippen molar-refractivity contribution in [3.05, 3.63) is 112 Å². The summed E-state index contributed by atoms with van der Waals surface area (Å²) in [6.07, 6.45) is 0.136. The smallest absolute Gasteiger partial charge is 0.264 e. The van der Waals surface area contributed by atoms with Gasteiger partial charge in [-0.05, 0) is 84.3 Å². The molecule has 2 N–H and O–H groups in total. The number of carbonyl (C=O) groups is 2. The van der Waals surface area contributed by atoms with E-state index in [0.29, 0.717) is 30.0 Å². The van der Waals surface area contributed by atoms with Gasteiger partial charge in [0, 0.05) is 33.8 Å². The standard InChI is InChI=1S/C38H41BrN2O6Si/c1-24-35(48(4,5)31-16-14-30(46-3)15-17-31)34(19-20-42)47-38(24)32-22-27(39)11-18-33(32)41(37(38)44)23-25-7-6-8-28(21-25)40-36(43)26-9-12-29(45-2)13-10-26/h6-18,21-22,24,34-35,42H,19-20,23H2,1-5H3,(H,40,43)/t24-,34+,35-,38+/m0/s1. The molecule has 8 nitrogen and oxygen atoms in total. The van der Waals surface area contributed by atoms with Crippen molar-refractivity contribution in [1.82, 2.24) is 0 Å². The Hall–Kier alpha value is -3.96. The number of aliphatic hydroxyl groups excluding tert-OH is 1. The van der Waals surface area contributed by atoms with Crippen LogP contribution in [0.1, 0.15) is 34.8 Å². The maximum atomic E-state index is 14.9. The molecule has 0 aliphatic carbocycles. The Bertz CT molecular complexity index is 1820. The zero-order valence-electron chi connectivity index (χ0n) is 27.8. The van der Waals surface area contributed by atoms with Crippen LogP contribution in [0.3, 0.4) is 0 Å². The number of aliphatic hydroxyl groups is 1. The van der Waals surface area contributed by atoms with Crippen LogP contribution in [-0.4, -0.2) is 51.9 Å². The van der Waals surface area contributed by atoms with Crippen molar-refractivity contribution in [3.63, 3.8) is 0 Å². The van der Waals surface area contributed by atoms with Crippen LogP contribution < -0.4 is 24.9 Å². The van der Waals surface area contributed by atoms with Crippen LogP contribution in [-0.2, 0) is 21.7 Å². The van der Waals surface area contributed by atoms with Crippen molar-refractivity contribution in [1.29, 1.82) is 0 Å². The van der Waals surface area contributed by atoms with Gasteiger partial charge >= 0.3 is 0 Å². The van der Waals surface area contributed by atoms with Gasteiger partial charge < -0.3 is 29.5 Å². The van der Waals surface area contributed by atoms with E-state index >= 15 is 0 Å². The molecule has 4 aromatic carbocycles. The van der Waals surface area contributed by atoms with Crippen molar-refractivity contribution >= 4 is 52.4 Å². The highest BCUT2D eigenvalue weighted by molar-refractivity contribution is 9.10. The predicted octanol–water partition coefficient (Wildman–Crippen LogP) is 6.86. The fraction of sp³-hybridized carbons (Fsp3) is 0.316. The zero-order valence-corrected chi connectivity index (χ0v) is 30.4. The Morgan fingerprint density at radius 1 is 0.979 bits per heavy atom. The van der Waals surface area contributed by atoms with Crippen molar-refractivity contribution in [2.24, 2.45) is 5.92 Å². The number of fused-ring (bicyclic) bond motifs is 2. The monoisotopic (exact) mass is 728 g/mol. The number of methoxy groups -OCH3 is 2. The van der Waals surface area contributed by atoms with Crippen LogP contribution in [0.15, 0.2) is 95.5 Å². The fourth-order valence-corrected chi connectivity index (χ4v) is 12.1. The second-order valence-electron chi connectivity index (χ2n) is 13.1. The van der Waals surface area contributed by atoms with Crippen LogP contribution in [0, 0.1) is 5.92 Å². The molecule has 4 atom stereocenters. The number of rotatable bonds is 10. The molecule has 1 saturated heterocycles. The van der Waals surface area contributed by atoms with Crippen molar-refractivity contribution in [2.45, 2.75) is 50.2 Å². The average Bonchev–Trinajstić information content (AvgIpc) is 3.51. The number of carbonyl (C=O) groups excluding carboxylic acids is 2. The molecule has 48 heavy (non-hydrogen) atoms. The van der Waals surface area contributed by atoms with Crippen molar-refractivity contribution in [2.75, 3.05) is 31.0 Å². The van der Waals surface area contributed by atoms with Crippen molar-refractivity contribution < 1.29 is 28.9 Å². The highest BCUT2D eigenvalue weighted by Crippen LogP contribution is 2.60. The van der Waals surface area contributed by atoms with Crippen LogP contribution >= 0.6 is 15.9 Å². The third-order valence-corrected chi connectivity index (χ3v) is 14.9. The van der Waals surface area contributed by atoms with Gasteiger partial charge in [0.15, 0.2) is 5.60 Å². The van der Waals surface area contributed by atoms with E-state index in [4.69, 9.17) is 14.2 Å². The van der Waals surface area contributed by atoms with Gasteiger partial charge in [-0.15, -0.1) is 0 Å². The second kappa shape index (κ2) is 13.5. The zero-order chi connectivity index (χ0) is 34.2. The summed E-state index contributed by atoms with van der Waals surface area (Å²) >= 11 is 3.66. The van der Waals surface area contributed by atoms with Gasteiger partial charge in [0.2, 0.25) is 0 Å². The molecule has 10 heteroatoms. The van der Waals surface area contributed by atoms with E-state index in [0.717, 1.165) is 27.0 Å². The summed E-state index contributed by atoms with van der Waals surface area (Å²) in [5, 5.41) is 14.4. The normalized spacial score (nSPS) is 21.8. The minimum atomic E-state index is -2.28. The lowest BCUT2D eigenvalue weighted by atomic mass is 9.82. The van der Waals surface area contributed by atoms with E-state index in [-0.39, 0.29) is 36.0 Å². The van der Waals surface area contributed by atoms with Crippen LogP contribution in [0.25, 0.3) is 0 Å². The molecular weight excluding hydrogens is 688 g/mol. The number of nitrogens with one attached hydrogen (secondary N) is 1. The first-order chi connectivity index (χ1) is 23.0. The molecular formula is C38H41BrN2O6Si. The topological polar surface area (TPSA) is 97.3 Å². The lowest BCUT2D eigenvalue weighted by molar-refractivity contribution is -0.146. The van der Waals surface area contributed by atoms with E-state index < -0.39 is 13.7 Å². The number of hydrogen-bond donors (Lipinski definition) is 2. The molecule has 1 spiro atoms. The number of benzene rings is 4. The predicted molar refractivity (Wildman–Crippen MR) is 194 cm³/mol. The molecule has 2 aliphatic rings. The van der Waals surface area contributed by atoms with E-state index in [1.54, 1.807) is 38.5 Å². The largest absolute Gasteiger partial charge is 0.497 e. The molecule has 250 valence electrons. The van der Waals surface area contributed by atoms with Crippen LogP contribution in [0.2, 0.25) is 18.6 Å². The summed E-state index contributed by atoms with van der Waals surface area (Å²) < 4.78 is 18.5. The van der Waals surface area contributed by atoms with E-state index in [1.807, 2.05) is 59.5 Å². The summed E-state index contributed by atoms with van der Waals surface area (Å²) in [6.45, 7) is 7.06. The summed E-state index contributed by atoms with van der Waals surface area (Å²) in [5.74, 6) is 0.959. The quantitative estimate of drug-likeness (QED) is 0.173. The van der Waals surface area contributed by atoms with Crippen LogP contribution in [0.5, 0.6) is 11.5 Å². The van der Waals surface area contributed by atoms with Gasteiger partial charge in [0.1, 0.15) is 11.5 Å². The SMILES string of the molecule is COc1ccc(C(=O)Nc2cccc(CN3C(=O)[C@]4(O[C@H](CCO)[C@@H]([Si](C)(C)c5ccc(OC)cc5)[C@@H]4C)c4cc(Br)ccc43)c2)cc1. The molecule has 2 aliphatic heterocycles. The summed E-state index contributed by atoms with van der Waals surface area (Å²) in [6, 6.07) is 28.7. The molecule has 0 radical (unpaired) electrons. The van der Waals surface area contributed by atoms with Gasteiger partial charge in [-0.3, -0.25) is 9.59 Å². The molecule has 2 amide bonds. The summed E-state index contributed by atoms with van der Waals surface area (Å²) in [7, 11) is 0.967. The van der Waals surface area contributed by atoms with E-state index in [1.165, 1.54) is 5.19 Å². The molecule has 4 aromatic rings. The number of halogens is 1. The number of anilines is 2. The lowest BCUT2D eigenvalue weighted by Gasteiger charge is -2.37. The molecule has 0 aromatic heterocycles. The average molecular weight is 730 g/mol. The van der Waals surface area contributed by atoms with Gasteiger partial charge in [-0.1, -0.05) is 65.4 Å². The van der Waals surface area contributed by atoms with Gasteiger partial charge in [0.25, 0.3) is 11.8 Å².